The summed E-state index contributed by atoms with van der Waals surface area (Å²) in [6.07, 6.45) is -4.95. The Balaban J connectivity index is 0.000000509. The van der Waals surface area contributed by atoms with E-state index in [1.54, 1.807) is 24.3 Å². The molecule has 0 saturated carbocycles. The number of nitrogens with two attached hydrogens (primary N) is 1. The normalized spacial score (nSPS) is 19.9. The van der Waals surface area contributed by atoms with Crippen LogP contribution in [0.2, 0.25) is 0 Å². The second-order valence-corrected chi connectivity index (χ2v) is 7.41. The van der Waals surface area contributed by atoms with Crippen LogP contribution in [0.15, 0.2) is 29.4 Å². The molecule has 2 unspecified atom stereocenters. The maximum Gasteiger partial charge on any atom is 0.490 e. The minimum Gasteiger partial charge on any atom is -0.481 e. The Bertz CT molecular complexity index is 1010. The minimum absolute atomic E-state index is 0.0192. The number of carboxylic acids is 2. The Kier molecular flexibility index (Phi) is 8.32. The van der Waals surface area contributed by atoms with Crippen LogP contribution in [0.4, 0.5) is 13.2 Å². The predicted octanol–water partition coefficient (Wildman–Crippen LogP) is 0.989. The number of carbonyl (C=O) groups is 4. The van der Waals surface area contributed by atoms with E-state index in [0.29, 0.717) is 17.7 Å². The highest BCUT2D eigenvalue weighted by molar-refractivity contribution is 6.03. The molecule has 0 aliphatic carbocycles. The first-order chi connectivity index (χ1) is 15.8. The number of alkyl halides is 3. The van der Waals surface area contributed by atoms with Gasteiger partial charge in [-0.1, -0.05) is 29.4 Å². The number of amidine groups is 1. The SMILES string of the molecule is N=C(N)c1ccc(C2=NOC(CC(=O)N3CCC(=O)C(C(=O)O)C3)C2)cc1.O=C(O)C(F)(F)F. The molecule has 2 atom stereocenters. The molecule has 2 aliphatic rings. The number of benzene rings is 1. The lowest BCUT2D eigenvalue weighted by Crippen LogP contribution is -2.47. The quantitative estimate of drug-likeness (QED) is 0.270. The molecule has 1 saturated heterocycles. The van der Waals surface area contributed by atoms with Gasteiger partial charge in [0.25, 0.3) is 0 Å². The van der Waals surface area contributed by atoms with Crippen molar-refractivity contribution in [2.24, 2.45) is 16.8 Å². The summed E-state index contributed by atoms with van der Waals surface area (Å²) in [4.78, 5) is 50.8. The van der Waals surface area contributed by atoms with Gasteiger partial charge in [0.1, 0.15) is 17.9 Å². The van der Waals surface area contributed by atoms with Crippen molar-refractivity contribution in [3.8, 4) is 0 Å². The number of halogens is 3. The van der Waals surface area contributed by atoms with Crippen LogP contribution in [0.1, 0.15) is 30.4 Å². The third-order valence-corrected chi connectivity index (χ3v) is 4.98. The topological polar surface area (TPSA) is 183 Å². The lowest BCUT2D eigenvalue weighted by molar-refractivity contribution is -0.192. The van der Waals surface area contributed by atoms with Gasteiger partial charge in [-0.25, -0.2) is 4.79 Å². The maximum absolute atomic E-state index is 12.4. The van der Waals surface area contributed by atoms with Gasteiger partial charge in [0.05, 0.1) is 12.1 Å². The van der Waals surface area contributed by atoms with E-state index in [0.717, 1.165) is 5.56 Å². The predicted molar refractivity (Wildman–Crippen MR) is 109 cm³/mol. The third-order valence-electron chi connectivity index (χ3n) is 4.98. The number of hydrogen-bond donors (Lipinski definition) is 4. The number of Topliss-reactive ketones (excluding diaryl/α,β-unsaturated/α-hetero) is 1. The highest BCUT2D eigenvalue weighted by Gasteiger charge is 2.38. The molecule has 0 bridgehead atoms. The molecule has 3 rings (SSSR count). The van der Waals surface area contributed by atoms with Gasteiger partial charge in [-0.3, -0.25) is 19.8 Å². The van der Waals surface area contributed by atoms with E-state index in [2.05, 4.69) is 5.16 Å². The van der Waals surface area contributed by atoms with Crippen LogP contribution in [-0.2, 0) is 24.0 Å². The molecule has 2 heterocycles. The summed E-state index contributed by atoms with van der Waals surface area (Å²) in [5, 5.41) is 27.6. The van der Waals surface area contributed by atoms with Crippen molar-refractivity contribution in [1.82, 2.24) is 4.90 Å². The third kappa shape index (κ3) is 7.02. The first kappa shape index (κ1) is 26.3. The number of oxime groups is 1. The number of carboxylic acid groups (broad SMARTS) is 2. The van der Waals surface area contributed by atoms with E-state index < -0.39 is 30.1 Å². The molecule has 34 heavy (non-hydrogen) atoms. The number of aliphatic carboxylic acids is 2. The highest BCUT2D eigenvalue weighted by atomic mass is 19.4. The van der Waals surface area contributed by atoms with Crippen molar-refractivity contribution in [2.75, 3.05) is 13.1 Å². The number of piperidine rings is 1. The van der Waals surface area contributed by atoms with Crippen LogP contribution in [0.5, 0.6) is 0 Å². The fourth-order valence-electron chi connectivity index (χ4n) is 3.15. The molecule has 14 heteroatoms. The molecule has 1 amide bonds. The molecular weight excluding hydrogens is 465 g/mol. The second-order valence-electron chi connectivity index (χ2n) is 7.41. The number of amides is 1. The van der Waals surface area contributed by atoms with Crippen LogP contribution < -0.4 is 5.73 Å². The molecule has 2 aliphatic heterocycles. The summed E-state index contributed by atoms with van der Waals surface area (Å²) in [5.74, 6) is -5.72. The highest BCUT2D eigenvalue weighted by Crippen LogP contribution is 2.22. The average molecular weight is 486 g/mol. The first-order valence-corrected chi connectivity index (χ1v) is 9.80. The lowest BCUT2D eigenvalue weighted by atomic mass is 9.96. The summed E-state index contributed by atoms with van der Waals surface area (Å²) < 4.78 is 31.7. The van der Waals surface area contributed by atoms with Crippen molar-refractivity contribution < 1.29 is 47.4 Å². The summed E-state index contributed by atoms with van der Waals surface area (Å²) in [7, 11) is 0. The van der Waals surface area contributed by atoms with Crippen molar-refractivity contribution in [2.45, 2.75) is 31.5 Å². The van der Waals surface area contributed by atoms with E-state index in [9.17, 15) is 27.6 Å². The number of hydrogen-bond acceptors (Lipinski definition) is 7. The monoisotopic (exact) mass is 486 g/mol. The lowest BCUT2D eigenvalue weighted by Gasteiger charge is -2.30. The zero-order chi connectivity index (χ0) is 25.6. The van der Waals surface area contributed by atoms with Crippen LogP contribution in [0.3, 0.4) is 0 Å². The zero-order valence-electron chi connectivity index (χ0n) is 17.5. The smallest absolute Gasteiger partial charge is 0.481 e. The summed E-state index contributed by atoms with van der Waals surface area (Å²) >= 11 is 0. The fraction of sp³-hybridized carbons (Fsp3) is 0.400. The van der Waals surface area contributed by atoms with E-state index in [1.165, 1.54) is 4.90 Å². The number of likely N-dealkylation sites (tertiary alicyclic amines) is 1. The van der Waals surface area contributed by atoms with Gasteiger partial charge >= 0.3 is 18.1 Å². The molecule has 0 aromatic heterocycles. The molecule has 1 fully saturated rings. The molecule has 1 aromatic carbocycles. The van der Waals surface area contributed by atoms with Gasteiger partial charge in [-0.2, -0.15) is 13.2 Å². The second kappa shape index (κ2) is 10.8. The molecule has 1 aromatic rings. The van der Waals surface area contributed by atoms with Crippen LogP contribution in [0.25, 0.3) is 0 Å². The Labute approximate surface area is 190 Å². The van der Waals surface area contributed by atoms with Crippen molar-refractivity contribution >= 4 is 35.2 Å². The Morgan fingerprint density at radius 1 is 1.21 bits per heavy atom. The van der Waals surface area contributed by atoms with Gasteiger partial charge in [0.2, 0.25) is 5.91 Å². The molecular formula is C20H21F3N4O7. The number of nitrogens with one attached hydrogen (secondary N) is 1. The standard InChI is InChI=1S/C18H20N4O5.C2HF3O2/c19-17(20)11-3-1-10(2-4-11)14-7-12(27-21-14)8-16(24)22-6-5-15(23)13(9-22)18(25)26;3-2(4,5)1(6)7/h1-4,12-13H,5-9H2,(H3,19,20)(H,25,26);(H,6,7). The Morgan fingerprint density at radius 2 is 1.79 bits per heavy atom. The number of carbonyl (C=O) groups excluding carboxylic acids is 2. The average Bonchev–Trinajstić information content (AvgIpc) is 3.22. The van der Waals surface area contributed by atoms with E-state index in [1.807, 2.05) is 0 Å². The zero-order valence-corrected chi connectivity index (χ0v) is 17.5. The van der Waals surface area contributed by atoms with Crippen molar-refractivity contribution in [3.05, 3.63) is 35.4 Å². The van der Waals surface area contributed by atoms with Crippen LogP contribution in [-0.4, -0.2) is 75.7 Å². The van der Waals surface area contributed by atoms with Gasteiger partial charge in [0.15, 0.2) is 5.78 Å². The minimum atomic E-state index is -5.08. The van der Waals surface area contributed by atoms with Crippen LogP contribution in [0, 0.1) is 11.3 Å². The summed E-state index contributed by atoms with van der Waals surface area (Å²) in [5.41, 5.74) is 7.56. The number of ketones is 1. The first-order valence-electron chi connectivity index (χ1n) is 9.80. The maximum atomic E-state index is 12.4. The number of nitrogen functional groups attached to an aromatic ring is 1. The fourth-order valence-corrected chi connectivity index (χ4v) is 3.15. The molecule has 0 spiro atoms. The Morgan fingerprint density at radius 3 is 2.29 bits per heavy atom. The number of rotatable bonds is 5. The Hall–Kier alpha value is -3.97. The molecule has 11 nitrogen and oxygen atoms in total. The molecule has 5 N–H and O–H groups in total. The van der Waals surface area contributed by atoms with Crippen molar-refractivity contribution in [1.29, 1.82) is 5.41 Å². The molecule has 0 radical (unpaired) electrons. The van der Waals surface area contributed by atoms with Crippen molar-refractivity contribution in [3.63, 3.8) is 0 Å². The van der Waals surface area contributed by atoms with E-state index in [-0.39, 0.29) is 43.5 Å². The molecule has 184 valence electrons. The largest absolute Gasteiger partial charge is 0.490 e. The number of nitrogens with zero attached hydrogens (tertiary/aromatic N) is 2. The van der Waals surface area contributed by atoms with Gasteiger partial charge < -0.3 is 25.7 Å². The summed E-state index contributed by atoms with van der Waals surface area (Å²) in [6.45, 7) is 0.133. The van der Waals surface area contributed by atoms with E-state index >= 15 is 0 Å². The van der Waals surface area contributed by atoms with Gasteiger partial charge in [-0.15, -0.1) is 0 Å². The summed E-state index contributed by atoms with van der Waals surface area (Å²) in [6, 6.07) is 7.01. The van der Waals surface area contributed by atoms with Gasteiger partial charge in [0, 0.05) is 31.5 Å². The van der Waals surface area contributed by atoms with E-state index in [4.69, 9.17) is 31.0 Å². The van der Waals surface area contributed by atoms with Gasteiger partial charge in [-0.05, 0) is 5.56 Å². The van der Waals surface area contributed by atoms with Crippen LogP contribution >= 0.6 is 0 Å².